The molecular weight excluding hydrogens is 260 g/mol. The van der Waals surface area contributed by atoms with Crippen molar-refractivity contribution in [1.29, 1.82) is 0 Å². The normalized spacial score (nSPS) is 21.8. The van der Waals surface area contributed by atoms with Crippen molar-refractivity contribution < 1.29 is 19.4 Å². The van der Waals surface area contributed by atoms with E-state index in [4.69, 9.17) is 9.84 Å². The maximum atomic E-state index is 12.5. The van der Waals surface area contributed by atoms with Crippen molar-refractivity contribution in [1.82, 2.24) is 9.80 Å². The number of carboxylic acids is 1. The van der Waals surface area contributed by atoms with E-state index in [9.17, 15) is 9.59 Å². The molecular formula is C14H26N2O4. The second-order valence-electron chi connectivity index (χ2n) is 6.25. The molecule has 0 spiro atoms. The molecule has 1 heterocycles. The molecule has 1 unspecified atom stereocenters. The first-order valence-electron chi connectivity index (χ1n) is 7.00. The number of aliphatic carboxylic acids is 1. The number of carboxylic acid groups (broad SMARTS) is 1. The molecule has 0 radical (unpaired) electrons. The molecule has 1 aliphatic rings. The van der Waals surface area contributed by atoms with Gasteiger partial charge in [-0.2, -0.15) is 0 Å². The number of hydrogen-bond acceptors (Lipinski definition) is 4. The fraction of sp³-hybridized carbons (Fsp3) is 0.857. The van der Waals surface area contributed by atoms with E-state index < -0.39 is 5.97 Å². The molecule has 0 aromatic heterocycles. The van der Waals surface area contributed by atoms with Gasteiger partial charge in [0.15, 0.2) is 0 Å². The van der Waals surface area contributed by atoms with E-state index >= 15 is 0 Å². The predicted octanol–water partition coefficient (Wildman–Crippen LogP) is 0.666. The predicted molar refractivity (Wildman–Crippen MR) is 75.5 cm³/mol. The zero-order chi connectivity index (χ0) is 15.3. The summed E-state index contributed by atoms with van der Waals surface area (Å²) in [6, 6.07) is 0. The van der Waals surface area contributed by atoms with E-state index in [-0.39, 0.29) is 24.0 Å². The van der Waals surface area contributed by atoms with Gasteiger partial charge in [0.2, 0.25) is 5.91 Å². The third-order valence-corrected chi connectivity index (χ3v) is 3.50. The van der Waals surface area contributed by atoms with Crippen LogP contribution in [0.5, 0.6) is 0 Å². The highest BCUT2D eigenvalue weighted by Gasteiger charge is 2.35. The summed E-state index contributed by atoms with van der Waals surface area (Å²) in [6.07, 6.45) is 1.31. The lowest BCUT2D eigenvalue weighted by Gasteiger charge is -2.37. The number of likely N-dealkylation sites (N-methyl/N-ethyl adjacent to an activating group) is 1. The van der Waals surface area contributed by atoms with E-state index in [2.05, 4.69) is 0 Å². The van der Waals surface area contributed by atoms with Gasteiger partial charge in [-0.15, -0.1) is 0 Å². The first-order chi connectivity index (χ1) is 9.21. The highest BCUT2D eigenvalue weighted by molar-refractivity contribution is 5.83. The number of amides is 1. The molecule has 1 rings (SSSR count). The summed E-state index contributed by atoms with van der Waals surface area (Å²) < 4.78 is 5.61. The van der Waals surface area contributed by atoms with Crippen LogP contribution in [0.1, 0.15) is 26.7 Å². The lowest BCUT2D eigenvalue weighted by Crippen LogP contribution is -2.46. The van der Waals surface area contributed by atoms with E-state index in [1.54, 1.807) is 0 Å². The number of rotatable bonds is 6. The topological polar surface area (TPSA) is 70.1 Å². The minimum atomic E-state index is -0.969. The van der Waals surface area contributed by atoms with Crippen LogP contribution in [0.2, 0.25) is 0 Å². The number of carbonyl (C=O) groups is 2. The number of ether oxygens (including phenoxy) is 1. The number of hydrogen-bond donors (Lipinski definition) is 1. The molecule has 20 heavy (non-hydrogen) atoms. The lowest BCUT2D eigenvalue weighted by atomic mass is 9.87. The average molecular weight is 286 g/mol. The van der Waals surface area contributed by atoms with Gasteiger partial charge in [0.1, 0.15) is 6.54 Å². The molecule has 6 nitrogen and oxygen atoms in total. The monoisotopic (exact) mass is 286 g/mol. The molecule has 1 saturated heterocycles. The lowest BCUT2D eigenvalue weighted by molar-refractivity contribution is -0.151. The summed E-state index contributed by atoms with van der Waals surface area (Å²) in [7, 11) is 3.81. The third-order valence-electron chi connectivity index (χ3n) is 3.50. The van der Waals surface area contributed by atoms with Crippen LogP contribution in [0.15, 0.2) is 0 Å². The Morgan fingerprint density at radius 3 is 2.45 bits per heavy atom. The second kappa shape index (κ2) is 7.04. The fourth-order valence-electron chi connectivity index (χ4n) is 2.45. The SMILES string of the molecule is CN(C)CCN(CC(=O)O)C(=O)C1CCOC(C)(C)C1. The first kappa shape index (κ1) is 16.9. The largest absolute Gasteiger partial charge is 0.480 e. The number of nitrogens with zero attached hydrogens (tertiary/aromatic N) is 2. The summed E-state index contributed by atoms with van der Waals surface area (Å²) in [5, 5.41) is 8.97. The van der Waals surface area contributed by atoms with Crippen molar-refractivity contribution in [3.63, 3.8) is 0 Å². The van der Waals surface area contributed by atoms with Crippen molar-refractivity contribution in [2.24, 2.45) is 5.92 Å². The van der Waals surface area contributed by atoms with Crippen LogP contribution in [-0.4, -0.2) is 72.7 Å². The Bertz CT molecular complexity index is 355. The van der Waals surface area contributed by atoms with Crippen LogP contribution in [0.3, 0.4) is 0 Å². The van der Waals surface area contributed by atoms with Crippen molar-refractivity contribution in [3.05, 3.63) is 0 Å². The van der Waals surface area contributed by atoms with Crippen molar-refractivity contribution in [3.8, 4) is 0 Å². The van der Waals surface area contributed by atoms with Crippen LogP contribution < -0.4 is 0 Å². The average Bonchev–Trinajstić information content (AvgIpc) is 2.31. The molecule has 0 aromatic carbocycles. The Hall–Kier alpha value is -1.14. The van der Waals surface area contributed by atoms with Gasteiger partial charge in [-0.25, -0.2) is 0 Å². The van der Waals surface area contributed by atoms with E-state index in [0.717, 1.165) is 0 Å². The van der Waals surface area contributed by atoms with E-state index in [0.29, 0.717) is 32.5 Å². The highest BCUT2D eigenvalue weighted by Crippen LogP contribution is 2.29. The summed E-state index contributed by atoms with van der Waals surface area (Å²) in [5.41, 5.74) is -0.310. The fourth-order valence-corrected chi connectivity index (χ4v) is 2.45. The molecule has 0 aliphatic carbocycles. The molecule has 1 aliphatic heterocycles. The van der Waals surface area contributed by atoms with Gasteiger partial charge in [0.05, 0.1) is 5.60 Å². The molecule has 116 valence electrons. The first-order valence-corrected chi connectivity index (χ1v) is 7.00. The third kappa shape index (κ3) is 5.46. The summed E-state index contributed by atoms with van der Waals surface area (Å²) >= 11 is 0. The molecule has 1 fully saturated rings. The van der Waals surface area contributed by atoms with E-state index in [1.165, 1.54) is 4.90 Å². The zero-order valence-corrected chi connectivity index (χ0v) is 12.9. The summed E-state index contributed by atoms with van der Waals surface area (Å²) in [4.78, 5) is 26.9. The minimum Gasteiger partial charge on any atom is -0.480 e. The van der Waals surface area contributed by atoms with Crippen LogP contribution >= 0.6 is 0 Å². The van der Waals surface area contributed by atoms with Gasteiger partial charge in [-0.3, -0.25) is 9.59 Å². The van der Waals surface area contributed by atoms with Crippen LogP contribution in [0.25, 0.3) is 0 Å². The molecule has 0 aromatic rings. The van der Waals surface area contributed by atoms with Gasteiger partial charge in [-0.1, -0.05) is 0 Å². The van der Waals surface area contributed by atoms with Gasteiger partial charge < -0.3 is 19.6 Å². The quantitative estimate of drug-likeness (QED) is 0.777. The highest BCUT2D eigenvalue weighted by atomic mass is 16.5. The van der Waals surface area contributed by atoms with E-state index in [1.807, 2.05) is 32.8 Å². The molecule has 1 amide bonds. The maximum absolute atomic E-state index is 12.5. The molecule has 1 N–H and O–H groups in total. The van der Waals surface area contributed by atoms with Crippen molar-refractivity contribution >= 4 is 11.9 Å². The van der Waals surface area contributed by atoms with Gasteiger partial charge >= 0.3 is 5.97 Å². The van der Waals surface area contributed by atoms with Crippen LogP contribution in [-0.2, 0) is 14.3 Å². The smallest absolute Gasteiger partial charge is 0.323 e. The Morgan fingerprint density at radius 1 is 1.30 bits per heavy atom. The summed E-state index contributed by atoms with van der Waals surface area (Å²) in [6.45, 7) is 5.35. The molecule has 6 heteroatoms. The van der Waals surface area contributed by atoms with Gasteiger partial charge in [0.25, 0.3) is 0 Å². The van der Waals surface area contributed by atoms with Crippen molar-refractivity contribution in [2.45, 2.75) is 32.3 Å². The molecule has 1 atom stereocenters. The minimum absolute atomic E-state index is 0.0642. The second-order valence-corrected chi connectivity index (χ2v) is 6.25. The summed E-state index contributed by atoms with van der Waals surface area (Å²) in [5.74, 6) is -1.17. The van der Waals surface area contributed by atoms with Crippen LogP contribution in [0.4, 0.5) is 0 Å². The Labute approximate surface area is 120 Å². The molecule has 0 bridgehead atoms. The molecule has 0 saturated carbocycles. The Morgan fingerprint density at radius 2 is 1.95 bits per heavy atom. The van der Waals surface area contributed by atoms with Gasteiger partial charge in [-0.05, 0) is 40.8 Å². The van der Waals surface area contributed by atoms with Gasteiger partial charge in [0, 0.05) is 25.6 Å². The zero-order valence-electron chi connectivity index (χ0n) is 12.9. The number of carbonyl (C=O) groups excluding carboxylic acids is 1. The van der Waals surface area contributed by atoms with Crippen LogP contribution in [0, 0.1) is 5.92 Å². The Balaban J connectivity index is 2.68. The Kier molecular flexibility index (Phi) is 5.95. The van der Waals surface area contributed by atoms with Crippen molar-refractivity contribution in [2.75, 3.05) is 40.3 Å². The maximum Gasteiger partial charge on any atom is 0.323 e. The standard InChI is InChI=1S/C14H26N2O4/c1-14(2)9-11(5-8-20-14)13(19)16(10-12(17)18)7-6-15(3)4/h11H,5-10H2,1-4H3,(H,17,18).